The Balaban J connectivity index is 1.92. The lowest BCUT2D eigenvalue weighted by Gasteiger charge is -2.29. The maximum atomic E-state index is 3.77. The zero-order valence-electron chi connectivity index (χ0n) is 9.09. The van der Waals surface area contributed by atoms with Crippen molar-refractivity contribution in [3.63, 3.8) is 0 Å². The summed E-state index contributed by atoms with van der Waals surface area (Å²) in [4.78, 5) is 2.52. The van der Waals surface area contributed by atoms with Crippen molar-refractivity contribution in [3.8, 4) is 0 Å². The highest BCUT2D eigenvalue weighted by atomic mass is 15.2. The van der Waals surface area contributed by atoms with Crippen LogP contribution in [0.2, 0.25) is 0 Å². The van der Waals surface area contributed by atoms with Gasteiger partial charge in [0.1, 0.15) is 0 Å². The second-order valence-corrected chi connectivity index (χ2v) is 5.05. The molecular weight excluding hydrogens is 160 g/mol. The number of likely N-dealkylation sites (tertiary alicyclic amines) is 1. The quantitative estimate of drug-likeness (QED) is 0.711. The number of hydrogen-bond acceptors (Lipinski definition) is 2. The molecule has 0 aromatic rings. The highest BCUT2D eigenvalue weighted by Crippen LogP contribution is 2.27. The van der Waals surface area contributed by atoms with Gasteiger partial charge in [-0.1, -0.05) is 13.8 Å². The molecule has 76 valence electrons. The van der Waals surface area contributed by atoms with Crippen molar-refractivity contribution in [3.05, 3.63) is 0 Å². The van der Waals surface area contributed by atoms with Gasteiger partial charge in [-0.25, -0.2) is 0 Å². The molecule has 2 aliphatic rings. The molecule has 2 fully saturated rings. The first-order valence-corrected chi connectivity index (χ1v) is 5.65. The highest BCUT2D eigenvalue weighted by molar-refractivity contribution is 4.96. The van der Waals surface area contributed by atoms with E-state index in [-0.39, 0.29) is 0 Å². The molecule has 2 atom stereocenters. The molecule has 0 spiro atoms. The Hall–Kier alpha value is -0.0800. The predicted molar refractivity (Wildman–Crippen MR) is 55.8 cm³/mol. The summed E-state index contributed by atoms with van der Waals surface area (Å²) in [5, 5.41) is 3.77. The molecule has 2 rings (SSSR count). The summed E-state index contributed by atoms with van der Waals surface area (Å²) in [6.07, 6.45) is 4.16. The minimum Gasteiger partial charge on any atom is -0.310 e. The van der Waals surface area contributed by atoms with E-state index >= 15 is 0 Å². The van der Waals surface area contributed by atoms with E-state index in [0.29, 0.717) is 0 Å². The van der Waals surface area contributed by atoms with E-state index in [1.807, 2.05) is 0 Å². The van der Waals surface area contributed by atoms with E-state index in [1.165, 1.54) is 25.8 Å². The van der Waals surface area contributed by atoms with E-state index < -0.39 is 0 Å². The van der Waals surface area contributed by atoms with Gasteiger partial charge in [0.15, 0.2) is 0 Å². The topological polar surface area (TPSA) is 15.3 Å². The van der Waals surface area contributed by atoms with Gasteiger partial charge in [-0.3, -0.25) is 0 Å². The Morgan fingerprint density at radius 1 is 1.23 bits per heavy atom. The molecule has 0 aromatic heterocycles. The summed E-state index contributed by atoms with van der Waals surface area (Å²) < 4.78 is 0. The van der Waals surface area contributed by atoms with Crippen molar-refractivity contribution in [2.45, 2.75) is 51.2 Å². The standard InChI is InChI=1S/C11H22N2/c1-8(2)11-10(6-7-13(11)3)12-9-4-5-9/h8-12H,4-7H2,1-3H3. The van der Waals surface area contributed by atoms with Crippen molar-refractivity contribution in [1.29, 1.82) is 0 Å². The Morgan fingerprint density at radius 2 is 1.92 bits per heavy atom. The van der Waals surface area contributed by atoms with Crippen molar-refractivity contribution in [1.82, 2.24) is 10.2 Å². The van der Waals surface area contributed by atoms with Crippen molar-refractivity contribution in [2.75, 3.05) is 13.6 Å². The lowest BCUT2D eigenvalue weighted by molar-refractivity contribution is 0.221. The van der Waals surface area contributed by atoms with Gasteiger partial charge in [0.05, 0.1) is 0 Å². The Bertz CT molecular complexity index is 175. The third kappa shape index (κ3) is 2.05. The molecular formula is C11H22N2. The van der Waals surface area contributed by atoms with Crippen LogP contribution in [0.15, 0.2) is 0 Å². The van der Waals surface area contributed by atoms with Crippen LogP contribution in [-0.2, 0) is 0 Å². The molecule has 2 nitrogen and oxygen atoms in total. The second kappa shape index (κ2) is 3.58. The van der Waals surface area contributed by atoms with Gasteiger partial charge in [-0.15, -0.1) is 0 Å². The Morgan fingerprint density at radius 3 is 2.46 bits per heavy atom. The van der Waals surface area contributed by atoms with Gasteiger partial charge >= 0.3 is 0 Å². The van der Waals surface area contributed by atoms with Gasteiger partial charge in [0, 0.05) is 18.1 Å². The fourth-order valence-electron chi connectivity index (χ4n) is 2.68. The monoisotopic (exact) mass is 182 g/mol. The molecule has 1 aliphatic heterocycles. The summed E-state index contributed by atoms with van der Waals surface area (Å²) in [5.41, 5.74) is 0. The second-order valence-electron chi connectivity index (χ2n) is 5.05. The fraction of sp³-hybridized carbons (Fsp3) is 1.00. The molecule has 2 heteroatoms. The minimum atomic E-state index is 0.762. The fourth-order valence-corrected chi connectivity index (χ4v) is 2.68. The average molecular weight is 182 g/mol. The molecule has 0 bridgehead atoms. The molecule has 1 aliphatic carbocycles. The molecule has 1 N–H and O–H groups in total. The molecule has 0 aromatic carbocycles. The van der Waals surface area contributed by atoms with Crippen molar-refractivity contribution < 1.29 is 0 Å². The SMILES string of the molecule is CC(C)C1C(NC2CC2)CCN1C. The van der Waals surface area contributed by atoms with E-state index in [0.717, 1.165) is 24.0 Å². The number of rotatable bonds is 3. The van der Waals surface area contributed by atoms with Gasteiger partial charge in [-0.05, 0) is 38.8 Å². The minimum absolute atomic E-state index is 0.762. The van der Waals surface area contributed by atoms with E-state index in [4.69, 9.17) is 0 Å². The van der Waals surface area contributed by atoms with Crippen LogP contribution in [0.1, 0.15) is 33.1 Å². The van der Waals surface area contributed by atoms with Gasteiger partial charge < -0.3 is 10.2 Å². The van der Waals surface area contributed by atoms with Crippen molar-refractivity contribution in [2.24, 2.45) is 5.92 Å². The summed E-state index contributed by atoms with van der Waals surface area (Å²) in [7, 11) is 2.26. The lowest BCUT2D eigenvalue weighted by atomic mass is 9.97. The predicted octanol–water partition coefficient (Wildman–Crippen LogP) is 1.47. The van der Waals surface area contributed by atoms with Crippen LogP contribution in [0.5, 0.6) is 0 Å². The van der Waals surface area contributed by atoms with Gasteiger partial charge in [0.2, 0.25) is 0 Å². The normalized spacial score (nSPS) is 36.0. The lowest BCUT2D eigenvalue weighted by Crippen LogP contribution is -2.45. The smallest absolute Gasteiger partial charge is 0.0269 e. The molecule has 1 heterocycles. The first-order chi connectivity index (χ1) is 6.18. The van der Waals surface area contributed by atoms with Crippen LogP contribution in [0.4, 0.5) is 0 Å². The number of nitrogens with zero attached hydrogens (tertiary/aromatic N) is 1. The molecule has 0 radical (unpaired) electrons. The van der Waals surface area contributed by atoms with E-state index in [2.05, 4.69) is 31.1 Å². The largest absolute Gasteiger partial charge is 0.310 e. The summed E-state index contributed by atoms with van der Waals surface area (Å²) >= 11 is 0. The number of hydrogen-bond donors (Lipinski definition) is 1. The van der Waals surface area contributed by atoms with Crippen LogP contribution >= 0.6 is 0 Å². The average Bonchev–Trinajstić information content (AvgIpc) is 2.76. The zero-order valence-corrected chi connectivity index (χ0v) is 9.09. The summed E-state index contributed by atoms with van der Waals surface area (Å²) in [5.74, 6) is 0.781. The maximum Gasteiger partial charge on any atom is 0.0269 e. The molecule has 2 unspecified atom stereocenters. The van der Waals surface area contributed by atoms with E-state index in [9.17, 15) is 0 Å². The van der Waals surface area contributed by atoms with Crippen LogP contribution < -0.4 is 5.32 Å². The van der Waals surface area contributed by atoms with Gasteiger partial charge in [-0.2, -0.15) is 0 Å². The van der Waals surface area contributed by atoms with Crippen LogP contribution in [0, 0.1) is 5.92 Å². The van der Waals surface area contributed by atoms with Crippen LogP contribution in [-0.4, -0.2) is 36.6 Å². The van der Waals surface area contributed by atoms with E-state index in [1.54, 1.807) is 0 Å². The molecule has 1 saturated carbocycles. The third-order valence-electron chi connectivity index (χ3n) is 3.42. The maximum absolute atomic E-state index is 3.77. The van der Waals surface area contributed by atoms with Crippen molar-refractivity contribution >= 4 is 0 Å². The molecule has 1 saturated heterocycles. The first kappa shape index (κ1) is 9.47. The van der Waals surface area contributed by atoms with Crippen LogP contribution in [0.3, 0.4) is 0 Å². The van der Waals surface area contributed by atoms with Crippen LogP contribution in [0.25, 0.3) is 0 Å². The first-order valence-electron chi connectivity index (χ1n) is 5.65. The third-order valence-corrected chi connectivity index (χ3v) is 3.42. The zero-order chi connectivity index (χ0) is 9.42. The summed E-state index contributed by atoms with van der Waals surface area (Å²) in [6.45, 7) is 5.95. The number of nitrogens with one attached hydrogen (secondary N) is 1. The molecule has 0 amide bonds. The Labute approximate surface area is 81.7 Å². The number of likely N-dealkylation sites (N-methyl/N-ethyl adjacent to an activating group) is 1. The highest BCUT2D eigenvalue weighted by Gasteiger charge is 2.36. The Kier molecular flexibility index (Phi) is 2.61. The van der Waals surface area contributed by atoms with Gasteiger partial charge in [0.25, 0.3) is 0 Å². The summed E-state index contributed by atoms with van der Waals surface area (Å²) in [6, 6.07) is 2.39. The molecule has 13 heavy (non-hydrogen) atoms.